The molecule has 5 N–H and O–H groups in total. The molecule has 0 radical (unpaired) electrons. The molecule has 7 heteroatoms. The van der Waals surface area contributed by atoms with Gasteiger partial charge in [-0.1, -0.05) is 11.2 Å². The van der Waals surface area contributed by atoms with Crippen LogP contribution >= 0.6 is 0 Å². The molecule has 0 unspecified atom stereocenters. The molecular weight excluding hydrogens is 248 g/mol. The van der Waals surface area contributed by atoms with Crippen LogP contribution in [0.2, 0.25) is 0 Å². The summed E-state index contributed by atoms with van der Waals surface area (Å²) in [7, 11) is 3.08. The third kappa shape index (κ3) is 4.14. The van der Waals surface area contributed by atoms with Crippen molar-refractivity contribution in [3.8, 4) is 5.75 Å². The van der Waals surface area contributed by atoms with Crippen LogP contribution in [-0.2, 0) is 11.3 Å². The minimum Gasteiger partial charge on any atom is -0.496 e. The molecule has 7 nitrogen and oxygen atoms in total. The van der Waals surface area contributed by atoms with Crippen molar-refractivity contribution < 1.29 is 14.7 Å². The maximum atomic E-state index is 11.1. The first kappa shape index (κ1) is 14.8. The van der Waals surface area contributed by atoms with Gasteiger partial charge >= 0.3 is 0 Å². The normalized spacial score (nSPS) is 11.2. The highest BCUT2D eigenvalue weighted by Gasteiger charge is 2.09. The van der Waals surface area contributed by atoms with Crippen LogP contribution in [0.1, 0.15) is 11.1 Å². The number of amidine groups is 1. The molecule has 0 fully saturated rings. The van der Waals surface area contributed by atoms with E-state index in [0.29, 0.717) is 17.9 Å². The number of nitrogens with one attached hydrogen (secondary N) is 2. The van der Waals surface area contributed by atoms with E-state index >= 15 is 0 Å². The maximum Gasteiger partial charge on any atom is 0.233 e. The fourth-order valence-corrected chi connectivity index (χ4v) is 1.53. The lowest BCUT2D eigenvalue weighted by Crippen LogP contribution is -2.31. The van der Waals surface area contributed by atoms with Gasteiger partial charge in [-0.05, 0) is 17.7 Å². The third-order valence-corrected chi connectivity index (χ3v) is 2.54. The van der Waals surface area contributed by atoms with Gasteiger partial charge in [-0.25, -0.2) is 0 Å². The van der Waals surface area contributed by atoms with Gasteiger partial charge in [-0.3, -0.25) is 4.79 Å². The number of likely N-dealkylation sites (N-methyl/N-ethyl adjacent to an activating group) is 1. The number of carbonyl (C=O) groups is 1. The van der Waals surface area contributed by atoms with E-state index in [2.05, 4.69) is 15.8 Å². The molecule has 1 aromatic rings. The van der Waals surface area contributed by atoms with Gasteiger partial charge in [0, 0.05) is 13.6 Å². The monoisotopic (exact) mass is 266 g/mol. The first-order valence-electron chi connectivity index (χ1n) is 5.68. The number of hydrogen-bond donors (Lipinski definition) is 4. The van der Waals surface area contributed by atoms with E-state index in [-0.39, 0.29) is 18.3 Å². The molecule has 0 aliphatic carbocycles. The van der Waals surface area contributed by atoms with Crippen molar-refractivity contribution in [2.45, 2.75) is 6.54 Å². The zero-order chi connectivity index (χ0) is 14.3. The van der Waals surface area contributed by atoms with E-state index in [1.165, 1.54) is 7.11 Å². The molecule has 104 valence electrons. The second kappa shape index (κ2) is 7.22. The second-order valence-corrected chi connectivity index (χ2v) is 3.80. The molecule has 1 amide bonds. The van der Waals surface area contributed by atoms with Gasteiger partial charge < -0.3 is 26.3 Å². The van der Waals surface area contributed by atoms with E-state index < -0.39 is 0 Å². The lowest BCUT2D eigenvalue weighted by Gasteiger charge is -2.10. The van der Waals surface area contributed by atoms with Gasteiger partial charge in [0.2, 0.25) is 5.91 Å². The van der Waals surface area contributed by atoms with E-state index in [1.807, 2.05) is 6.07 Å². The molecule has 19 heavy (non-hydrogen) atoms. The third-order valence-electron chi connectivity index (χ3n) is 2.54. The van der Waals surface area contributed by atoms with Crippen LogP contribution in [0, 0.1) is 0 Å². The lowest BCUT2D eigenvalue weighted by molar-refractivity contribution is -0.119. The molecule has 0 bridgehead atoms. The van der Waals surface area contributed by atoms with Crippen LogP contribution in [-0.4, -0.2) is 37.7 Å². The summed E-state index contributed by atoms with van der Waals surface area (Å²) in [4.78, 5) is 11.1. The number of hydrogen-bond acceptors (Lipinski definition) is 5. The zero-order valence-electron chi connectivity index (χ0n) is 10.9. The van der Waals surface area contributed by atoms with Gasteiger partial charge in [0.05, 0.1) is 19.2 Å². The average Bonchev–Trinajstić information content (AvgIpc) is 2.45. The van der Waals surface area contributed by atoms with Crippen LogP contribution in [0.25, 0.3) is 0 Å². The molecule has 1 aromatic carbocycles. The minimum atomic E-state index is -0.0924. The van der Waals surface area contributed by atoms with Crippen LogP contribution in [0.15, 0.2) is 23.4 Å². The number of nitrogens with zero attached hydrogens (tertiary/aromatic N) is 1. The van der Waals surface area contributed by atoms with Crippen molar-refractivity contribution in [3.05, 3.63) is 29.3 Å². The molecule has 0 saturated carbocycles. The number of carbonyl (C=O) groups excluding carboxylic acids is 1. The Balaban J connectivity index is 2.78. The fraction of sp³-hybridized carbons (Fsp3) is 0.333. The largest absolute Gasteiger partial charge is 0.496 e. The summed E-state index contributed by atoms with van der Waals surface area (Å²) in [5.74, 6) is 0.403. The number of nitrogens with two attached hydrogens (primary N) is 1. The van der Waals surface area contributed by atoms with E-state index in [9.17, 15) is 4.79 Å². The molecular formula is C12H18N4O3. The fourth-order valence-electron chi connectivity index (χ4n) is 1.53. The first-order chi connectivity index (χ1) is 9.12. The van der Waals surface area contributed by atoms with Crippen molar-refractivity contribution in [3.63, 3.8) is 0 Å². The Labute approximate surface area is 111 Å². The Morgan fingerprint density at radius 1 is 1.53 bits per heavy atom. The molecule has 0 saturated heterocycles. The molecule has 0 heterocycles. The Kier molecular flexibility index (Phi) is 5.62. The van der Waals surface area contributed by atoms with E-state index in [4.69, 9.17) is 15.7 Å². The predicted molar refractivity (Wildman–Crippen MR) is 71.3 cm³/mol. The van der Waals surface area contributed by atoms with Crippen LogP contribution in [0.4, 0.5) is 0 Å². The summed E-state index contributed by atoms with van der Waals surface area (Å²) in [5, 5.41) is 17.2. The number of benzene rings is 1. The molecule has 0 spiro atoms. The summed E-state index contributed by atoms with van der Waals surface area (Å²) in [5.41, 5.74) is 6.97. The quantitative estimate of drug-likeness (QED) is 0.243. The molecule has 0 aliphatic rings. The zero-order valence-corrected chi connectivity index (χ0v) is 10.9. The highest BCUT2D eigenvalue weighted by Crippen LogP contribution is 2.19. The van der Waals surface area contributed by atoms with Gasteiger partial charge in [0.15, 0.2) is 5.84 Å². The first-order valence-corrected chi connectivity index (χ1v) is 5.68. The van der Waals surface area contributed by atoms with Gasteiger partial charge in [-0.15, -0.1) is 0 Å². The van der Waals surface area contributed by atoms with Crippen molar-refractivity contribution in [2.24, 2.45) is 10.9 Å². The van der Waals surface area contributed by atoms with Crippen LogP contribution in [0.3, 0.4) is 0 Å². The Morgan fingerprint density at radius 2 is 2.26 bits per heavy atom. The Bertz CT molecular complexity index is 474. The minimum absolute atomic E-state index is 0.0231. The summed E-state index contributed by atoms with van der Waals surface area (Å²) < 4.78 is 5.13. The lowest BCUT2D eigenvalue weighted by atomic mass is 10.1. The second-order valence-electron chi connectivity index (χ2n) is 3.80. The number of amides is 1. The van der Waals surface area contributed by atoms with Crippen molar-refractivity contribution in [2.75, 3.05) is 20.7 Å². The van der Waals surface area contributed by atoms with Gasteiger partial charge in [-0.2, -0.15) is 0 Å². The molecule has 0 atom stereocenters. The number of oxime groups is 1. The summed E-state index contributed by atoms with van der Waals surface area (Å²) in [6, 6.07) is 5.30. The maximum absolute atomic E-state index is 11.1. The molecule has 1 rings (SSSR count). The highest BCUT2D eigenvalue weighted by molar-refractivity contribution is 5.99. The summed E-state index contributed by atoms with van der Waals surface area (Å²) >= 11 is 0. The topological polar surface area (TPSA) is 109 Å². The standard InChI is InChI=1S/C12H18N4O3/c1-14-11(17)7-15-6-8-3-4-10(19-2)9(5-8)12(13)16-18/h3-5,15,18H,6-7H2,1-2H3,(H2,13,16)(H,14,17). The highest BCUT2D eigenvalue weighted by atomic mass is 16.5. The van der Waals surface area contributed by atoms with Crippen LogP contribution < -0.4 is 21.1 Å². The van der Waals surface area contributed by atoms with Gasteiger partial charge in [0.25, 0.3) is 0 Å². The molecule has 0 aromatic heterocycles. The number of ether oxygens (including phenoxy) is 1. The number of methoxy groups -OCH3 is 1. The van der Waals surface area contributed by atoms with E-state index in [0.717, 1.165) is 5.56 Å². The van der Waals surface area contributed by atoms with E-state index in [1.54, 1.807) is 19.2 Å². The summed E-state index contributed by atoms with van der Waals surface area (Å²) in [6.07, 6.45) is 0. The van der Waals surface area contributed by atoms with Crippen molar-refractivity contribution >= 4 is 11.7 Å². The smallest absolute Gasteiger partial charge is 0.233 e. The summed E-state index contributed by atoms with van der Waals surface area (Å²) in [6.45, 7) is 0.713. The predicted octanol–water partition coefficient (Wildman–Crippen LogP) is -0.375. The average molecular weight is 266 g/mol. The Morgan fingerprint density at radius 3 is 2.84 bits per heavy atom. The van der Waals surface area contributed by atoms with Gasteiger partial charge in [0.1, 0.15) is 5.75 Å². The van der Waals surface area contributed by atoms with Crippen molar-refractivity contribution in [1.82, 2.24) is 10.6 Å². The number of rotatable bonds is 6. The van der Waals surface area contributed by atoms with Crippen molar-refractivity contribution in [1.29, 1.82) is 0 Å². The Hall–Kier alpha value is -2.28. The molecule has 0 aliphatic heterocycles. The van der Waals surface area contributed by atoms with Crippen LogP contribution in [0.5, 0.6) is 5.75 Å². The SMILES string of the molecule is CNC(=O)CNCc1ccc(OC)c(C(N)=NO)c1.